The van der Waals surface area contributed by atoms with E-state index in [0.717, 1.165) is 6.07 Å². The highest BCUT2D eigenvalue weighted by molar-refractivity contribution is 7.92. The van der Waals surface area contributed by atoms with E-state index in [0.29, 0.717) is 25.0 Å². The Kier molecular flexibility index (Phi) is 8.22. The van der Waals surface area contributed by atoms with Gasteiger partial charge in [-0.15, -0.1) is 0 Å². The average molecular weight is 673 g/mol. The van der Waals surface area contributed by atoms with Crippen LogP contribution in [0.1, 0.15) is 49.9 Å². The lowest BCUT2D eigenvalue weighted by Gasteiger charge is -2.42. The van der Waals surface area contributed by atoms with Crippen molar-refractivity contribution in [3.8, 4) is 0 Å². The van der Waals surface area contributed by atoms with E-state index in [2.05, 4.69) is 10.6 Å². The van der Waals surface area contributed by atoms with Crippen LogP contribution in [0.25, 0.3) is 0 Å². The van der Waals surface area contributed by atoms with Crippen molar-refractivity contribution in [3.05, 3.63) is 58.4 Å². The molecule has 0 aromatic heterocycles. The van der Waals surface area contributed by atoms with Gasteiger partial charge in [-0.1, -0.05) is 11.6 Å². The Morgan fingerprint density at radius 2 is 1.69 bits per heavy atom. The predicted octanol–water partition coefficient (Wildman–Crippen LogP) is 3.74. The molecule has 2 amide bonds. The first-order valence-electron chi connectivity index (χ1n) is 14.6. The summed E-state index contributed by atoms with van der Waals surface area (Å²) in [6, 6.07) is 4.76. The van der Waals surface area contributed by atoms with Gasteiger partial charge in [0.2, 0.25) is 0 Å². The van der Waals surface area contributed by atoms with Crippen LogP contribution in [0.4, 0.5) is 18.9 Å². The summed E-state index contributed by atoms with van der Waals surface area (Å²) in [7, 11) is -4.11. The fraction of sp³-hybridized carbons (Fsp3) is 0.533. The van der Waals surface area contributed by atoms with Crippen LogP contribution in [0.15, 0.2) is 35.2 Å². The van der Waals surface area contributed by atoms with Crippen molar-refractivity contribution < 1.29 is 50.5 Å². The van der Waals surface area contributed by atoms with E-state index in [9.17, 15) is 36.3 Å². The summed E-state index contributed by atoms with van der Waals surface area (Å²) in [6.45, 7) is 3.63. The number of aliphatic hydroxyl groups is 1. The van der Waals surface area contributed by atoms with Gasteiger partial charge in [-0.25, -0.2) is 21.6 Å². The number of halogens is 4. The van der Waals surface area contributed by atoms with Crippen molar-refractivity contribution in [1.29, 1.82) is 0 Å². The van der Waals surface area contributed by atoms with Gasteiger partial charge in [-0.2, -0.15) is 0 Å². The van der Waals surface area contributed by atoms with Gasteiger partial charge in [0.1, 0.15) is 12.2 Å². The summed E-state index contributed by atoms with van der Waals surface area (Å²) in [4.78, 5) is 25.6. The molecule has 4 fully saturated rings. The molecule has 0 radical (unpaired) electrons. The van der Waals surface area contributed by atoms with E-state index in [1.165, 1.54) is 12.1 Å². The molecule has 7 atom stereocenters. The summed E-state index contributed by atoms with van der Waals surface area (Å²) in [5, 5.41) is 15.7. The summed E-state index contributed by atoms with van der Waals surface area (Å²) >= 11 is 6.29. The lowest BCUT2D eigenvalue weighted by atomic mass is 9.74. The topological polar surface area (TPSA) is 140 Å². The molecule has 2 aromatic rings. The van der Waals surface area contributed by atoms with E-state index in [1.807, 2.05) is 0 Å². The number of hydrogen-bond donors (Lipinski definition) is 3. The average Bonchev–Trinajstić information content (AvgIpc) is 3.51. The number of hydrogen-bond acceptors (Lipinski definition) is 8. The molecule has 2 aliphatic carbocycles. The van der Waals surface area contributed by atoms with Crippen molar-refractivity contribution in [1.82, 2.24) is 5.32 Å². The molecular weight excluding hydrogens is 641 g/mol. The molecule has 0 spiro atoms. The SMILES string of the molecule is CC1(C)O[C@H]2[C@H](CO[C@@H]2C(=O)NCC2(O)C3CC[C@H]2CC(S(=O)(=O)c2cc(C(=O)Nc4cc(F)c(F)c(F)c4)ccc2Cl)C3)O1. The Balaban J connectivity index is 1.13. The molecule has 244 valence electrons. The van der Waals surface area contributed by atoms with Crippen LogP contribution in [0.5, 0.6) is 0 Å². The predicted molar refractivity (Wildman–Crippen MR) is 154 cm³/mol. The van der Waals surface area contributed by atoms with E-state index in [-0.39, 0.29) is 53.3 Å². The second-order valence-corrected chi connectivity index (χ2v) is 15.2. The van der Waals surface area contributed by atoms with Gasteiger partial charge in [0, 0.05) is 29.9 Å². The number of ether oxygens (including phenoxy) is 3. The minimum absolute atomic E-state index is 0.0869. The fourth-order valence-corrected chi connectivity index (χ4v) is 9.52. The van der Waals surface area contributed by atoms with E-state index >= 15 is 0 Å². The molecule has 10 nitrogen and oxygen atoms in total. The van der Waals surface area contributed by atoms with Crippen molar-refractivity contribution >= 4 is 38.9 Å². The Morgan fingerprint density at radius 3 is 2.33 bits per heavy atom. The quantitative estimate of drug-likeness (QED) is 0.378. The van der Waals surface area contributed by atoms with Crippen molar-refractivity contribution in [2.75, 3.05) is 18.5 Å². The van der Waals surface area contributed by atoms with Crippen molar-refractivity contribution in [2.24, 2.45) is 11.8 Å². The van der Waals surface area contributed by atoms with E-state index in [4.69, 9.17) is 25.8 Å². The number of anilines is 1. The van der Waals surface area contributed by atoms with Crippen LogP contribution < -0.4 is 10.6 Å². The van der Waals surface area contributed by atoms with Gasteiger partial charge < -0.3 is 30.0 Å². The normalized spacial score (nSPS) is 31.9. The summed E-state index contributed by atoms with van der Waals surface area (Å²) in [5.74, 6) is -7.75. The van der Waals surface area contributed by atoms with Crippen LogP contribution in [-0.2, 0) is 28.8 Å². The first-order chi connectivity index (χ1) is 21.1. The molecule has 45 heavy (non-hydrogen) atoms. The standard InChI is InChI=1S/C30H32ClF3N2O8S/c1-29(2)43-22-12-42-26(25(22)44-29)28(38)35-13-30(39)15-4-5-16(30)9-18(8-15)45(40,41)23-7-14(3-6-19(23)31)27(37)36-17-10-20(32)24(34)21(33)11-17/h3,6-7,10-11,15-16,18,22,25-26,39H,4-5,8-9,12-13H2,1-2H3,(H,35,38)(H,36,37)/t15-,16?,18?,22-,25-,26-,30?/m0/s1. The number of rotatable bonds is 7. The lowest BCUT2D eigenvalue weighted by Crippen LogP contribution is -2.56. The zero-order valence-electron chi connectivity index (χ0n) is 24.3. The number of fused-ring (bicyclic) bond motifs is 3. The molecule has 2 aliphatic heterocycles. The Hall–Kier alpha value is -2.75. The van der Waals surface area contributed by atoms with Gasteiger partial charge >= 0.3 is 0 Å². The third-order valence-electron chi connectivity index (χ3n) is 9.32. The first kappa shape index (κ1) is 32.2. The molecule has 6 rings (SSSR count). The minimum atomic E-state index is -4.11. The third-order valence-corrected chi connectivity index (χ3v) is 12.0. The lowest BCUT2D eigenvalue weighted by molar-refractivity contribution is -0.178. The molecule has 2 heterocycles. The second kappa shape index (κ2) is 11.5. The second-order valence-electron chi connectivity index (χ2n) is 12.6. The van der Waals surface area contributed by atoms with E-state index < -0.39 is 79.8 Å². The fourth-order valence-electron chi connectivity index (χ4n) is 7.12. The number of amides is 2. The zero-order valence-corrected chi connectivity index (χ0v) is 25.9. The number of nitrogens with one attached hydrogen (secondary N) is 2. The maximum Gasteiger partial charge on any atom is 0.255 e. The highest BCUT2D eigenvalue weighted by Crippen LogP contribution is 2.52. The molecule has 2 aromatic carbocycles. The zero-order chi connectivity index (χ0) is 32.5. The number of sulfone groups is 1. The van der Waals surface area contributed by atoms with Gasteiger partial charge in [-0.05, 0) is 69.6 Å². The number of carbonyl (C=O) groups excluding carboxylic acids is 2. The maximum absolute atomic E-state index is 13.8. The Labute approximate surface area is 262 Å². The molecule has 2 bridgehead atoms. The molecular formula is C30H32ClF3N2O8S. The Bertz CT molecular complexity index is 1620. The number of carbonyl (C=O) groups is 2. The van der Waals surface area contributed by atoms with Gasteiger partial charge in [0.15, 0.2) is 39.2 Å². The summed E-state index contributed by atoms with van der Waals surface area (Å²) in [5.41, 5.74) is -1.85. The number of benzene rings is 2. The van der Waals surface area contributed by atoms with Crippen LogP contribution >= 0.6 is 11.6 Å². The minimum Gasteiger partial charge on any atom is -0.387 e. The monoisotopic (exact) mass is 672 g/mol. The molecule has 2 saturated carbocycles. The highest BCUT2D eigenvalue weighted by atomic mass is 35.5. The third kappa shape index (κ3) is 5.85. The van der Waals surface area contributed by atoms with Crippen LogP contribution in [0, 0.1) is 29.3 Å². The van der Waals surface area contributed by atoms with Crippen LogP contribution in [0.3, 0.4) is 0 Å². The van der Waals surface area contributed by atoms with Gasteiger partial charge in [0.05, 0.1) is 27.4 Å². The smallest absolute Gasteiger partial charge is 0.255 e. The molecule has 15 heteroatoms. The maximum atomic E-state index is 13.8. The molecule has 3 unspecified atom stereocenters. The van der Waals surface area contributed by atoms with Gasteiger partial charge in [0.25, 0.3) is 11.8 Å². The van der Waals surface area contributed by atoms with Crippen molar-refractivity contribution in [2.45, 2.75) is 79.4 Å². The molecule has 4 aliphatic rings. The highest BCUT2D eigenvalue weighted by Gasteiger charge is 2.57. The van der Waals surface area contributed by atoms with Gasteiger partial charge in [-0.3, -0.25) is 9.59 Å². The molecule has 2 saturated heterocycles. The Morgan fingerprint density at radius 1 is 1.04 bits per heavy atom. The van der Waals surface area contributed by atoms with Crippen LogP contribution in [0.2, 0.25) is 5.02 Å². The molecule has 3 N–H and O–H groups in total. The van der Waals surface area contributed by atoms with E-state index in [1.54, 1.807) is 13.8 Å². The van der Waals surface area contributed by atoms with Crippen LogP contribution in [-0.4, -0.2) is 73.4 Å². The summed E-state index contributed by atoms with van der Waals surface area (Å²) < 4.78 is 85.4. The largest absolute Gasteiger partial charge is 0.387 e. The van der Waals surface area contributed by atoms with Crippen molar-refractivity contribution in [3.63, 3.8) is 0 Å². The summed E-state index contributed by atoms with van der Waals surface area (Å²) in [6.07, 6.45) is -0.542. The first-order valence-corrected chi connectivity index (χ1v) is 16.5.